The van der Waals surface area contributed by atoms with Crippen LogP contribution >= 0.6 is 0 Å². The van der Waals surface area contributed by atoms with Gasteiger partial charge in [0, 0.05) is 43.5 Å². The van der Waals surface area contributed by atoms with Crippen molar-refractivity contribution >= 4 is 11.4 Å². The minimum Gasteiger partial charge on any atom is -0.372 e. The molecule has 0 aromatic heterocycles. The van der Waals surface area contributed by atoms with E-state index in [-0.39, 0.29) is 5.92 Å². The van der Waals surface area contributed by atoms with E-state index in [4.69, 9.17) is 0 Å². The molecule has 5 heteroatoms. The number of anilines is 2. The zero-order valence-corrected chi connectivity index (χ0v) is 19.9. The van der Waals surface area contributed by atoms with Crippen LogP contribution in [-0.2, 0) is 6.18 Å². The Morgan fingerprint density at radius 3 is 1.39 bits per heavy atom. The Morgan fingerprint density at radius 2 is 1.03 bits per heavy atom. The minimum atomic E-state index is -4.38. The molecule has 0 fully saturated rings. The van der Waals surface area contributed by atoms with E-state index >= 15 is 0 Å². The average Bonchev–Trinajstić information content (AvgIpc) is 2.82. The summed E-state index contributed by atoms with van der Waals surface area (Å²) >= 11 is 0. The summed E-state index contributed by atoms with van der Waals surface area (Å²) in [7, 11) is 0. The van der Waals surface area contributed by atoms with Gasteiger partial charge in [0.05, 0.1) is 5.56 Å². The van der Waals surface area contributed by atoms with Crippen LogP contribution in [0.1, 0.15) is 55.9 Å². The van der Waals surface area contributed by atoms with Gasteiger partial charge in [-0.3, -0.25) is 0 Å². The van der Waals surface area contributed by atoms with Crippen molar-refractivity contribution in [2.75, 3.05) is 36.0 Å². The number of halogens is 3. The van der Waals surface area contributed by atoms with E-state index in [1.807, 2.05) is 24.3 Å². The maximum absolute atomic E-state index is 13.5. The monoisotopic (exact) mass is 454 g/mol. The third-order valence-electron chi connectivity index (χ3n) is 6.26. The second-order valence-electron chi connectivity index (χ2n) is 8.08. The van der Waals surface area contributed by atoms with Crippen LogP contribution in [0.4, 0.5) is 24.5 Å². The van der Waals surface area contributed by atoms with Gasteiger partial charge in [-0.1, -0.05) is 42.5 Å². The van der Waals surface area contributed by atoms with Crippen molar-refractivity contribution in [1.29, 1.82) is 0 Å². The second-order valence-corrected chi connectivity index (χ2v) is 8.08. The summed E-state index contributed by atoms with van der Waals surface area (Å²) in [5.74, 6) is -0.288. The molecule has 0 unspecified atom stereocenters. The van der Waals surface area contributed by atoms with Crippen LogP contribution < -0.4 is 9.80 Å². The molecule has 0 heterocycles. The van der Waals surface area contributed by atoms with Crippen molar-refractivity contribution in [3.63, 3.8) is 0 Å². The van der Waals surface area contributed by atoms with E-state index in [0.29, 0.717) is 5.56 Å². The molecule has 3 aromatic carbocycles. The lowest BCUT2D eigenvalue weighted by Gasteiger charge is -2.25. The number of rotatable bonds is 9. The number of hydrogen-bond donors (Lipinski definition) is 0. The van der Waals surface area contributed by atoms with Gasteiger partial charge in [-0.2, -0.15) is 13.2 Å². The predicted octanol–water partition coefficient (Wildman–Crippen LogP) is 7.58. The quantitative estimate of drug-likeness (QED) is 0.308. The van der Waals surface area contributed by atoms with Gasteiger partial charge >= 0.3 is 6.18 Å². The Hall–Kier alpha value is -2.95. The average molecular weight is 455 g/mol. The topological polar surface area (TPSA) is 6.48 Å². The van der Waals surface area contributed by atoms with Gasteiger partial charge in [0.1, 0.15) is 0 Å². The second kappa shape index (κ2) is 10.8. The molecule has 3 rings (SSSR count). The molecule has 2 nitrogen and oxygen atoms in total. The maximum atomic E-state index is 13.5. The van der Waals surface area contributed by atoms with Crippen LogP contribution in [0.2, 0.25) is 0 Å². The molecule has 0 aliphatic heterocycles. The highest BCUT2D eigenvalue weighted by atomic mass is 19.4. The van der Waals surface area contributed by atoms with E-state index in [0.717, 1.165) is 54.7 Å². The molecule has 176 valence electrons. The molecule has 0 spiro atoms. The fourth-order valence-electron chi connectivity index (χ4n) is 4.40. The van der Waals surface area contributed by atoms with Gasteiger partial charge in [-0.15, -0.1) is 0 Å². The zero-order valence-electron chi connectivity index (χ0n) is 19.9. The molecule has 3 aromatic rings. The summed E-state index contributed by atoms with van der Waals surface area (Å²) in [5.41, 5.74) is 4.19. The first-order valence-electron chi connectivity index (χ1n) is 11.7. The molecule has 0 saturated heterocycles. The molecule has 0 amide bonds. The SMILES string of the molecule is CCN(CC)c1ccc(C(c2ccc(N(CC)CC)cc2)c2cccc(C(F)(F)F)c2)cc1. The molecule has 0 atom stereocenters. The molecule has 0 radical (unpaired) electrons. The molecule has 0 N–H and O–H groups in total. The molecular weight excluding hydrogens is 421 g/mol. The van der Waals surface area contributed by atoms with Crippen LogP contribution in [0, 0.1) is 0 Å². The fraction of sp³-hybridized carbons (Fsp3) is 0.357. The van der Waals surface area contributed by atoms with Crippen molar-refractivity contribution in [2.24, 2.45) is 0 Å². The molecule has 0 aliphatic carbocycles. The molecular formula is C28H33F3N2. The van der Waals surface area contributed by atoms with Crippen molar-refractivity contribution in [3.05, 3.63) is 95.1 Å². The lowest BCUT2D eigenvalue weighted by Crippen LogP contribution is -2.22. The Morgan fingerprint density at radius 1 is 0.606 bits per heavy atom. The first-order valence-corrected chi connectivity index (χ1v) is 11.7. The summed E-state index contributed by atoms with van der Waals surface area (Å²) in [6.45, 7) is 12.1. The van der Waals surface area contributed by atoms with Gasteiger partial charge in [0.2, 0.25) is 0 Å². The van der Waals surface area contributed by atoms with E-state index in [9.17, 15) is 13.2 Å². The van der Waals surface area contributed by atoms with Crippen LogP contribution in [0.5, 0.6) is 0 Å². The zero-order chi connectivity index (χ0) is 24.0. The number of alkyl halides is 3. The number of benzene rings is 3. The highest BCUT2D eigenvalue weighted by Gasteiger charge is 2.31. The Bertz CT molecular complexity index is 947. The Kier molecular flexibility index (Phi) is 8.06. The van der Waals surface area contributed by atoms with Gasteiger partial charge in [-0.25, -0.2) is 0 Å². The van der Waals surface area contributed by atoms with E-state index < -0.39 is 11.7 Å². The predicted molar refractivity (Wildman–Crippen MR) is 132 cm³/mol. The number of nitrogens with zero attached hydrogens (tertiary/aromatic N) is 2. The summed E-state index contributed by atoms with van der Waals surface area (Å²) < 4.78 is 40.4. The minimum absolute atomic E-state index is 0.288. The molecule has 33 heavy (non-hydrogen) atoms. The van der Waals surface area contributed by atoms with Crippen molar-refractivity contribution < 1.29 is 13.2 Å². The van der Waals surface area contributed by atoms with Crippen LogP contribution in [-0.4, -0.2) is 26.2 Å². The lowest BCUT2D eigenvalue weighted by atomic mass is 9.84. The van der Waals surface area contributed by atoms with Crippen LogP contribution in [0.3, 0.4) is 0 Å². The normalized spacial score (nSPS) is 11.6. The molecule has 0 aliphatic rings. The largest absolute Gasteiger partial charge is 0.416 e. The molecule has 0 saturated carbocycles. The summed E-state index contributed by atoms with van der Waals surface area (Å²) in [5, 5.41) is 0. The van der Waals surface area contributed by atoms with Crippen molar-refractivity contribution in [3.8, 4) is 0 Å². The first kappa shape index (κ1) is 24.7. The van der Waals surface area contributed by atoms with Crippen molar-refractivity contribution in [1.82, 2.24) is 0 Å². The highest BCUT2D eigenvalue weighted by Crippen LogP contribution is 2.37. The van der Waals surface area contributed by atoms with Gasteiger partial charge in [-0.05, 0) is 74.7 Å². The summed E-state index contributed by atoms with van der Waals surface area (Å²) in [6.07, 6.45) is -4.38. The Labute approximate surface area is 195 Å². The summed E-state index contributed by atoms with van der Waals surface area (Å²) in [4.78, 5) is 4.50. The first-order chi connectivity index (χ1) is 15.8. The standard InChI is InChI=1S/C28H33F3N2/c1-5-32(6-2)25-16-12-21(13-17-25)27(23-10-9-11-24(20-23)28(29,30)31)22-14-18-26(19-15-22)33(7-3)8-4/h9-20,27H,5-8H2,1-4H3. The third kappa shape index (κ3) is 5.70. The fourth-order valence-corrected chi connectivity index (χ4v) is 4.40. The van der Waals surface area contributed by atoms with Crippen molar-refractivity contribution in [2.45, 2.75) is 39.8 Å². The molecule has 0 bridgehead atoms. The highest BCUT2D eigenvalue weighted by molar-refractivity contribution is 5.54. The van der Waals surface area contributed by atoms with Gasteiger partial charge in [0.25, 0.3) is 0 Å². The Balaban J connectivity index is 2.08. The van der Waals surface area contributed by atoms with E-state index in [1.54, 1.807) is 6.07 Å². The lowest BCUT2D eigenvalue weighted by molar-refractivity contribution is -0.137. The third-order valence-corrected chi connectivity index (χ3v) is 6.26. The van der Waals surface area contributed by atoms with Crippen LogP contribution in [0.25, 0.3) is 0 Å². The van der Waals surface area contributed by atoms with Gasteiger partial charge in [0.15, 0.2) is 0 Å². The van der Waals surface area contributed by atoms with E-state index in [2.05, 4.69) is 61.8 Å². The van der Waals surface area contributed by atoms with E-state index in [1.165, 1.54) is 12.1 Å². The number of hydrogen-bond acceptors (Lipinski definition) is 2. The smallest absolute Gasteiger partial charge is 0.372 e. The van der Waals surface area contributed by atoms with Crippen LogP contribution in [0.15, 0.2) is 72.8 Å². The maximum Gasteiger partial charge on any atom is 0.416 e. The summed E-state index contributed by atoms with van der Waals surface area (Å²) in [6, 6.07) is 22.1. The van der Waals surface area contributed by atoms with Gasteiger partial charge < -0.3 is 9.80 Å².